The minimum absolute atomic E-state index is 0.124. The number of rotatable bonds is 8. The van der Waals surface area contributed by atoms with Crippen LogP contribution in [0.5, 0.6) is 11.5 Å². The first-order valence-corrected chi connectivity index (χ1v) is 15.5. The molecule has 0 fully saturated rings. The zero-order valence-corrected chi connectivity index (χ0v) is 26.7. The number of carbonyl (C=O) groups excluding carboxylic acids is 2. The van der Waals surface area contributed by atoms with Crippen molar-refractivity contribution in [2.24, 2.45) is 4.99 Å². The van der Waals surface area contributed by atoms with Crippen LogP contribution in [0.1, 0.15) is 37.9 Å². The molecule has 12 heteroatoms. The Labute approximate surface area is 272 Å². The summed E-state index contributed by atoms with van der Waals surface area (Å²) in [7, 11) is 1.43. The summed E-state index contributed by atoms with van der Waals surface area (Å²) in [5, 5.41) is 4.78. The molecule has 2 aromatic heterocycles. The Morgan fingerprint density at radius 2 is 1.79 bits per heavy atom. The van der Waals surface area contributed by atoms with Crippen LogP contribution in [-0.2, 0) is 14.3 Å². The number of fused-ring (bicyclic) bond motifs is 1. The highest BCUT2D eigenvalue weighted by atomic mass is 32.1. The smallest absolute Gasteiger partial charge is 0.338 e. The highest BCUT2D eigenvalue weighted by Gasteiger charge is 2.34. The summed E-state index contributed by atoms with van der Waals surface area (Å²) in [6.45, 7) is 4.79. The van der Waals surface area contributed by atoms with Crippen LogP contribution in [0.3, 0.4) is 0 Å². The molecule has 1 aliphatic rings. The number of allylic oxidation sites excluding steroid dienone is 1. The molecule has 1 atom stereocenters. The number of hydrogen-bond acceptors (Lipinski definition) is 9. The number of esters is 2. The fourth-order valence-corrected chi connectivity index (χ4v) is 6.42. The number of para-hydroxylation sites is 1. The van der Waals surface area contributed by atoms with Gasteiger partial charge in [0.05, 0.1) is 41.2 Å². The van der Waals surface area contributed by atoms with E-state index in [2.05, 4.69) is 4.99 Å². The molecule has 0 radical (unpaired) electrons. The average molecular weight is 653 g/mol. The van der Waals surface area contributed by atoms with Crippen molar-refractivity contribution >= 4 is 29.4 Å². The maximum absolute atomic E-state index is 14.3. The predicted octanol–water partition coefficient (Wildman–Crippen LogP) is 4.72. The second-order valence-corrected chi connectivity index (χ2v) is 11.5. The molecular weight excluding hydrogens is 623 g/mol. The van der Waals surface area contributed by atoms with Gasteiger partial charge in [0.2, 0.25) is 0 Å². The van der Waals surface area contributed by atoms with Crippen LogP contribution >= 0.6 is 11.3 Å². The number of aromatic nitrogens is 3. The molecule has 0 N–H and O–H groups in total. The van der Waals surface area contributed by atoms with Gasteiger partial charge in [-0.2, -0.15) is 5.10 Å². The maximum atomic E-state index is 14.3. The van der Waals surface area contributed by atoms with Gasteiger partial charge in [0.15, 0.2) is 16.3 Å². The van der Waals surface area contributed by atoms with E-state index >= 15 is 0 Å². The van der Waals surface area contributed by atoms with Gasteiger partial charge in [0.1, 0.15) is 11.5 Å². The fourth-order valence-electron chi connectivity index (χ4n) is 5.38. The van der Waals surface area contributed by atoms with Gasteiger partial charge in [0.25, 0.3) is 5.56 Å². The highest BCUT2D eigenvalue weighted by Crippen LogP contribution is 2.36. The van der Waals surface area contributed by atoms with Crippen molar-refractivity contribution in [2.75, 3.05) is 13.7 Å². The van der Waals surface area contributed by atoms with Gasteiger partial charge in [-0.25, -0.2) is 18.9 Å². The van der Waals surface area contributed by atoms with Crippen molar-refractivity contribution in [3.63, 3.8) is 0 Å². The van der Waals surface area contributed by atoms with Crippen molar-refractivity contribution < 1.29 is 28.2 Å². The number of benzene rings is 3. The standard InChI is InChI=1S/C35H29FN4O6S/c1-5-45-34(43)30-20(2)37-35-40(32(30)23-13-16-27(46-21(3)41)28(17-23)44-4)33(42)29(47-35)18-24-19-39(26-9-7-6-8-10-26)38-31(24)22-11-14-25(36)15-12-22/h6-19,32H,5H2,1-4H3/b29-18+/t32-/m1/s1. The van der Waals surface area contributed by atoms with Crippen molar-refractivity contribution in [1.82, 2.24) is 14.3 Å². The Bertz CT molecular complexity index is 2220. The van der Waals surface area contributed by atoms with Gasteiger partial charge >= 0.3 is 11.9 Å². The lowest BCUT2D eigenvalue weighted by Gasteiger charge is -2.25. The molecule has 0 saturated carbocycles. The first-order valence-electron chi connectivity index (χ1n) is 14.7. The van der Waals surface area contributed by atoms with E-state index in [1.54, 1.807) is 61.1 Å². The average Bonchev–Trinajstić information content (AvgIpc) is 3.61. The first-order chi connectivity index (χ1) is 22.7. The molecule has 238 valence electrons. The number of ether oxygens (including phenoxy) is 3. The normalized spacial score (nSPS) is 14.4. The molecule has 0 bridgehead atoms. The van der Waals surface area contributed by atoms with Gasteiger partial charge in [-0.05, 0) is 74.0 Å². The molecule has 3 heterocycles. The van der Waals surface area contributed by atoms with E-state index in [-0.39, 0.29) is 29.5 Å². The lowest BCUT2D eigenvalue weighted by molar-refractivity contribution is -0.139. The van der Waals surface area contributed by atoms with Crippen molar-refractivity contribution in [3.05, 3.63) is 127 Å². The van der Waals surface area contributed by atoms with Gasteiger partial charge in [-0.3, -0.25) is 14.2 Å². The Kier molecular flexibility index (Phi) is 8.68. The number of halogens is 1. The molecule has 0 amide bonds. The van der Waals surface area contributed by atoms with Crippen LogP contribution in [0.2, 0.25) is 0 Å². The fraction of sp³-hybridized carbons (Fsp3) is 0.171. The second-order valence-electron chi connectivity index (χ2n) is 10.5. The van der Waals surface area contributed by atoms with E-state index in [0.717, 1.165) is 17.0 Å². The monoisotopic (exact) mass is 652 g/mol. The summed E-state index contributed by atoms with van der Waals surface area (Å²) in [5.41, 5.74) is 3.35. The minimum Gasteiger partial charge on any atom is -0.493 e. The number of thiazole rings is 1. The third kappa shape index (κ3) is 6.15. The SMILES string of the molecule is CCOC(=O)C1=C(C)N=c2s/c(=C/c3cn(-c4ccccc4)nc3-c3ccc(F)cc3)c(=O)n2[C@@H]1c1ccc(OC(C)=O)c(OC)c1. The van der Waals surface area contributed by atoms with E-state index in [4.69, 9.17) is 19.3 Å². The summed E-state index contributed by atoms with van der Waals surface area (Å²) >= 11 is 1.16. The summed E-state index contributed by atoms with van der Waals surface area (Å²) < 4.78 is 33.5. The lowest BCUT2D eigenvalue weighted by atomic mass is 9.95. The number of nitrogens with zero attached hydrogens (tertiary/aromatic N) is 4. The van der Waals surface area contributed by atoms with Crippen LogP contribution in [0.4, 0.5) is 4.39 Å². The van der Waals surface area contributed by atoms with Crippen molar-refractivity contribution in [3.8, 4) is 28.4 Å². The number of hydrogen-bond donors (Lipinski definition) is 0. The van der Waals surface area contributed by atoms with Crippen LogP contribution in [0.25, 0.3) is 23.0 Å². The van der Waals surface area contributed by atoms with Gasteiger partial charge in [-0.15, -0.1) is 0 Å². The van der Waals surface area contributed by atoms with Gasteiger partial charge in [-0.1, -0.05) is 35.6 Å². The van der Waals surface area contributed by atoms with E-state index in [1.165, 1.54) is 30.7 Å². The minimum atomic E-state index is -0.920. The molecule has 1 aliphatic heterocycles. The molecule has 0 aliphatic carbocycles. The highest BCUT2D eigenvalue weighted by molar-refractivity contribution is 7.07. The van der Waals surface area contributed by atoms with Gasteiger partial charge in [0, 0.05) is 24.2 Å². The molecule has 0 unspecified atom stereocenters. The third-order valence-electron chi connectivity index (χ3n) is 7.44. The molecular formula is C35H29FN4O6S. The quantitative estimate of drug-likeness (QED) is 0.176. The molecule has 0 saturated heterocycles. The van der Waals surface area contributed by atoms with Crippen molar-refractivity contribution in [1.29, 1.82) is 0 Å². The Hall–Kier alpha value is -5.62. The van der Waals surface area contributed by atoms with Crippen molar-refractivity contribution in [2.45, 2.75) is 26.8 Å². The zero-order valence-electron chi connectivity index (χ0n) is 25.9. The number of carbonyl (C=O) groups is 2. The summed E-state index contributed by atoms with van der Waals surface area (Å²) in [5.74, 6) is -1.08. The molecule has 6 rings (SSSR count). The molecule has 10 nitrogen and oxygen atoms in total. The van der Waals surface area contributed by atoms with Crippen LogP contribution in [0.15, 0.2) is 100 Å². The number of methoxy groups -OCH3 is 1. The Balaban J connectivity index is 1.56. The van der Waals surface area contributed by atoms with E-state index in [9.17, 15) is 18.8 Å². The second kappa shape index (κ2) is 13.0. The van der Waals surface area contributed by atoms with Crippen LogP contribution in [-0.4, -0.2) is 40.0 Å². The summed E-state index contributed by atoms with van der Waals surface area (Å²) in [6, 6.07) is 19.4. The third-order valence-corrected chi connectivity index (χ3v) is 8.42. The zero-order chi connectivity index (χ0) is 33.2. The summed E-state index contributed by atoms with van der Waals surface area (Å²) in [6.07, 6.45) is 3.53. The van der Waals surface area contributed by atoms with Gasteiger partial charge < -0.3 is 14.2 Å². The van der Waals surface area contributed by atoms with Crippen LogP contribution < -0.4 is 24.4 Å². The Morgan fingerprint density at radius 3 is 2.47 bits per heavy atom. The molecule has 5 aromatic rings. The first kappa shape index (κ1) is 31.4. The maximum Gasteiger partial charge on any atom is 0.338 e. The molecule has 0 spiro atoms. The van der Waals surface area contributed by atoms with E-state index < -0.39 is 23.5 Å². The van der Waals surface area contributed by atoms with Crippen LogP contribution in [0, 0.1) is 5.82 Å². The lowest BCUT2D eigenvalue weighted by Crippen LogP contribution is -2.40. The topological polar surface area (TPSA) is 114 Å². The Morgan fingerprint density at radius 1 is 1.04 bits per heavy atom. The summed E-state index contributed by atoms with van der Waals surface area (Å²) in [4.78, 5) is 44.3. The largest absolute Gasteiger partial charge is 0.493 e. The predicted molar refractivity (Wildman–Crippen MR) is 174 cm³/mol. The molecule has 3 aromatic carbocycles. The van der Waals surface area contributed by atoms with E-state index in [0.29, 0.717) is 37.4 Å². The molecule has 47 heavy (non-hydrogen) atoms. The van der Waals surface area contributed by atoms with E-state index in [1.807, 2.05) is 30.3 Å².